The Balaban J connectivity index is 3.20. The van der Waals surface area contributed by atoms with Crippen LogP contribution in [-0.4, -0.2) is 0 Å². The van der Waals surface area contributed by atoms with Gasteiger partial charge in [0, 0.05) is 0 Å². The van der Waals surface area contributed by atoms with E-state index in [-0.39, 0.29) is 5.56 Å². The molecule has 0 radical (unpaired) electrons. The summed E-state index contributed by atoms with van der Waals surface area (Å²) in [5.41, 5.74) is -1.21. The SMILES string of the molecule is C#Cc1ccc(C(F)(F)F)cc1F. The lowest BCUT2D eigenvalue weighted by Gasteiger charge is -2.06. The van der Waals surface area contributed by atoms with Crippen molar-refractivity contribution in [2.45, 2.75) is 6.18 Å². The molecule has 1 aromatic rings. The van der Waals surface area contributed by atoms with Crippen LogP contribution >= 0.6 is 0 Å². The predicted octanol–water partition coefficient (Wildman–Crippen LogP) is 2.83. The zero-order chi connectivity index (χ0) is 10.1. The Morgan fingerprint density at radius 1 is 1.23 bits per heavy atom. The fourth-order valence-corrected chi connectivity index (χ4v) is 0.808. The van der Waals surface area contributed by atoms with E-state index < -0.39 is 17.6 Å². The van der Waals surface area contributed by atoms with Crippen LogP contribution in [0.3, 0.4) is 0 Å². The zero-order valence-corrected chi connectivity index (χ0v) is 6.32. The third kappa shape index (κ3) is 2.00. The zero-order valence-electron chi connectivity index (χ0n) is 6.32. The van der Waals surface area contributed by atoms with Crippen molar-refractivity contribution in [1.82, 2.24) is 0 Å². The average Bonchev–Trinajstić information content (AvgIpc) is 2.02. The van der Waals surface area contributed by atoms with Crippen molar-refractivity contribution in [3.63, 3.8) is 0 Å². The van der Waals surface area contributed by atoms with Gasteiger partial charge in [-0.1, -0.05) is 5.92 Å². The maximum absolute atomic E-state index is 12.7. The van der Waals surface area contributed by atoms with Gasteiger partial charge in [-0.3, -0.25) is 0 Å². The molecule has 1 rings (SSSR count). The minimum Gasteiger partial charge on any atom is -0.206 e. The van der Waals surface area contributed by atoms with Gasteiger partial charge in [0.15, 0.2) is 0 Å². The Labute approximate surface area is 72.2 Å². The predicted molar refractivity (Wildman–Crippen MR) is 39.3 cm³/mol. The summed E-state index contributed by atoms with van der Waals surface area (Å²) in [6, 6.07) is 2.06. The number of halogens is 4. The Morgan fingerprint density at radius 2 is 1.85 bits per heavy atom. The number of hydrogen-bond donors (Lipinski definition) is 0. The van der Waals surface area contributed by atoms with E-state index in [0.717, 1.165) is 12.1 Å². The van der Waals surface area contributed by atoms with Crippen molar-refractivity contribution < 1.29 is 17.6 Å². The van der Waals surface area contributed by atoms with Crippen molar-refractivity contribution in [3.8, 4) is 12.3 Å². The van der Waals surface area contributed by atoms with Crippen LogP contribution in [0.4, 0.5) is 17.6 Å². The van der Waals surface area contributed by atoms with E-state index in [1.165, 1.54) is 0 Å². The standard InChI is InChI=1S/C9H4F4/c1-2-6-3-4-7(5-8(6)10)9(11,12)13/h1,3-5H. The van der Waals surface area contributed by atoms with Crippen molar-refractivity contribution in [3.05, 3.63) is 35.1 Å². The van der Waals surface area contributed by atoms with Crippen LogP contribution in [0.25, 0.3) is 0 Å². The fourth-order valence-electron chi connectivity index (χ4n) is 0.808. The van der Waals surface area contributed by atoms with Gasteiger partial charge in [-0.2, -0.15) is 13.2 Å². The van der Waals surface area contributed by atoms with E-state index >= 15 is 0 Å². The van der Waals surface area contributed by atoms with Gasteiger partial charge >= 0.3 is 6.18 Å². The summed E-state index contributed by atoms with van der Waals surface area (Å²) in [4.78, 5) is 0. The second-order valence-electron chi connectivity index (χ2n) is 2.34. The summed E-state index contributed by atoms with van der Waals surface area (Å²) in [6.07, 6.45) is 0.305. The first-order valence-electron chi connectivity index (χ1n) is 3.28. The van der Waals surface area contributed by atoms with Gasteiger partial charge in [-0.15, -0.1) is 6.42 Å². The van der Waals surface area contributed by atoms with E-state index in [1.807, 2.05) is 5.92 Å². The molecule has 0 heterocycles. The molecule has 0 aliphatic heterocycles. The van der Waals surface area contributed by atoms with E-state index in [9.17, 15) is 17.6 Å². The number of terminal acetylenes is 1. The molecule has 1 aromatic carbocycles. The van der Waals surface area contributed by atoms with Crippen LogP contribution in [0.2, 0.25) is 0 Å². The lowest BCUT2D eigenvalue weighted by molar-refractivity contribution is -0.137. The van der Waals surface area contributed by atoms with Crippen LogP contribution < -0.4 is 0 Å². The Morgan fingerprint density at radius 3 is 2.23 bits per heavy atom. The monoisotopic (exact) mass is 188 g/mol. The van der Waals surface area contributed by atoms with Crippen LogP contribution in [0.5, 0.6) is 0 Å². The first kappa shape index (κ1) is 9.59. The van der Waals surface area contributed by atoms with Gasteiger partial charge in [0.1, 0.15) is 5.82 Å². The van der Waals surface area contributed by atoms with Gasteiger partial charge in [0.05, 0.1) is 11.1 Å². The number of alkyl halides is 3. The highest BCUT2D eigenvalue weighted by atomic mass is 19.4. The topological polar surface area (TPSA) is 0 Å². The molecule has 0 aromatic heterocycles. The maximum atomic E-state index is 12.7. The summed E-state index contributed by atoms with van der Waals surface area (Å²) < 4.78 is 48.7. The summed E-state index contributed by atoms with van der Waals surface area (Å²) in [5.74, 6) is 0.901. The van der Waals surface area contributed by atoms with Crippen molar-refractivity contribution in [2.24, 2.45) is 0 Å². The molecule has 68 valence electrons. The fraction of sp³-hybridized carbons (Fsp3) is 0.111. The first-order valence-corrected chi connectivity index (χ1v) is 3.28. The third-order valence-corrected chi connectivity index (χ3v) is 1.45. The maximum Gasteiger partial charge on any atom is 0.416 e. The highest BCUT2D eigenvalue weighted by Crippen LogP contribution is 2.29. The molecule has 0 saturated carbocycles. The summed E-state index contributed by atoms with van der Waals surface area (Å²) in [6.45, 7) is 0. The lowest BCUT2D eigenvalue weighted by Crippen LogP contribution is -2.05. The van der Waals surface area contributed by atoms with E-state index in [1.54, 1.807) is 0 Å². The Bertz CT molecular complexity index is 357. The molecule has 0 aliphatic rings. The van der Waals surface area contributed by atoms with Gasteiger partial charge in [-0.25, -0.2) is 4.39 Å². The van der Waals surface area contributed by atoms with Crippen LogP contribution in [0.15, 0.2) is 18.2 Å². The smallest absolute Gasteiger partial charge is 0.206 e. The average molecular weight is 188 g/mol. The highest BCUT2D eigenvalue weighted by molar-refractivity contribution is 5.36. The molecule has 0 aliphatic carbocycles. The third-order valence-electron chi connectivity index (χ3n) is 1.45. The minimum absolute atomic E-state index is 0.173. The van der Waals surface area contributed by atoms with Crippen molar-refractivity contribution in [1.29, 1.82) is 0 Å². The largest absolute Gasteiger partial charge is 0.416 e. The molecular formula is C9H4F4. The summed E-state index contributed by atoms with van der Waals surface area (Å²) >= 11 is 0. The number of hydrogen-bond acceptors (Lipinski definition) is 0. The molecule has 0 atom stereocenters. The Kier molecular flexibility index (Phi) is 2.28. The molecule has 0 fully saturated rings. The first-order chi connectivity index (χ1) is 5.95. The lowest BCUT2D eigenvalue weighted by atomic mass is 10.1. The van der Waals surface area contributed by atoms with Crippen LogP contribution in [-0.2, 0) is 6.18 Å². The highest BCUT2D eigenvalue weighted by Gasteiger charge is 2.30. The Hall–Kier alpha value is -1.50. The molecule has 0 saturated heterocycles. The van der Waals surface area contributed by atoms with Gasteiger partial charge < -0.3 is 0 Å². The molecule has 0 N–H and O–H groups in total. The molecule has 0 unspecified atom stereocenters. The molecular weight excluding hydrogens is 184 g/mol. The van der Waals surface area contributed by atoms with Crippen molar-refractivity contribution >= 4 is 0 Å². The van der Waals surface area contributed by atoms with Crippen LogP contribution in [0, 0.1) is 18.2 Å². The number of rotatable bonds is 0. The molecule has 0 spiro atoms. The van der Waals surface area contributed by atoms with E-state index in [4.69, 9.17) is 6.42 Å². The molecule has 4 heteroatoms. The quantitative estimate of drug-likeness (QED) is 0.433. The summed E-state index contributed by atoms with van der Waals surface area (Å²) in [7, 11) is 0. The molecule has 0 nitrogen and oxygen atoms in total. The molecule has 0 bridgehead atoms. The molecule has 0 amide bonds. The van der Waals surface area contributed by atoms with Gasteiger partial charge in [0.25, 0.3) is 0 Å². The molecule has 13 heavy (non-hydrogen) atoms. The van der Waals surface area contributed by atoms with E-state index in [0.29, 0.717) is 6.07 Å². The van der Waals surface area contributed by atoms with Gasteiger partial charge in [0.2, 0.25) is 0 Å². The normalized spacial score (nSPS) is 11.0. The summed E-state index contributed by atoms with van der Waals surface area (Å²) in [5, 5.41) is 0. The van der Waals surface area contributed by atoms with Crippen LogP contribution in [0.1, 0.15) is 11.1 Å². The minimum atomic E-state index is -4.53. The van der Waals surface area contributed by atoms with Gasteiger partial charge in [-0.05, 0) is 18.2 Å². The van der Waals surface area contributed by atoms with Crippen molar-refractivity contribution in [2.75, 3.05) is 0 Å². The van der Waals surface area contributed by atoms with E-state index in [2.05, 4.69) is 0 Å². The number of benzene rings is 1. The second kappa shape index (κ2) is 3.09. The second-order valence-corrected chi connectivity index (χ2v) is 2.34.